The normalized spacial score (nSPS) is 26.1. The number of carbonyl (C=O) groups is 1. The van der Waals surface area contributed by atoms with Gasteiger partial charge in [0.25, 0.3) is 0 Å². The highest BCUT2D eigenvalue weighted by atomic mass is 32.2. The van der Waals surface area contributed by atoms with Crippen molar-refractivity contribution in [2.75, 3.05) is 11.9 Å². The van der Waals surface area contributed by atoms with Gasteiger partial charge in [-0.2, -0.15) is 0 Å². The number of rotatable bonds is 4. The summed E-state index contributed by atoms with van der Waals surface area (Å²) in [7, 11) is 0. The van der Waals surface area contributed by atoms with E-state index in [1.807, 2.05) is 30.8 Å². The third-order valence-electron chi connectivity index (χ3n) is 4.60. The van der Waals surface area contributed by atoms with Crippen LogP contribution in [0, 0.1) is 0 Å². The van der Waals surface area contributed by atoms with E-state index >= 15 is 0 Å². The number of para-hydroxylation sites is 1. The van der Waals surface area contributed by atoms with Gasteiger partial charge in [0.05, 0.1) is 11.2 Å². The molecule has 21 heavy (non-hydrogen) atoms. The molecule has 3 nitrogen and oxygen atoms in total. The first-order valence-corrected chi connectivity index (χ1v) is 8.87. The van der Waals surface area contributed by atoms with Gasteiger partial charge >= 0.3 is 0 Å². The molecule has 1 saturated carbocycles. The van der Waals surface area contributed by atoms with E-state index in [9.17, 15) is 4.79 Å². The standard InChI is InChI=1S/C17H24N2OS/c1-17(11-6-12-18-17)16(20)19-14-9-4-5-10-15(14)21-13-7-2-3-8-13/h4-5,9-10,13,18H,2-3,6-8,11-12H2,1H3,(H,19,20). The van der Waals surface area contributed by atoms with Crippen LogP contribution in [0.5, 0.6) is 0 Å². The highest BCUT2D eigenvalue weighted by Gasteiger charge is 2.36. The summed E-state index contributed by atoms with van der Waals surface area (Å²) >= 11 is 1.93. The summed E-state index contributed by atoms with van der Waals surface area (Å²) in [5.41, 5.74) is 0.555. The summed E-state index contributed by atoms with van der Waals surface area (Å²) in [5.74, 6) is 0.0967. The second-order valence-corrected chi connectivity index (χ2v) is 7.68. The molecule has 4 heteroatoms. The Morgan fingerprint density at radius 1 is 1.29 bits per heavy atom. The number of hydrogen-bond donors (Lipinski definition) is 2. The minimum Gasteiger partial charge on any atom is -0.323 e. The molecule has 2 aliphatic rings. The van der Waals surface area contributed by atoms with E-state index in [2.05, 4.69) is 22.8 Å². The molecule has 114 valence electrons. The number of benzene rings is 1. The van der Waals surface area contributed by atoms with Gasteiger partial charge < -0.3 is 10.6 Å². The number of anilines is 1. The van der Waals surface area contributed by atoms with E-state index < -0.39 is 5.54 Å². The van der Waals surface area contributed by atoms with Gasteiger partial charge in [0.1, 0.15) is 0 Å². The van der Waals surface area contributed by atoms with E-state index in [0.717, 1.165) is 25.1 Å². The summed E-state index contributed by atoms with van der Waals surface area (Å²) in [5, 5.41) is 7.18. The summed E-state index contributed by atoms with van der Waals surface area (Å²) in [4.78, 5) is 13.8. The summed E-state index contributed by atoms with van der Waals surface area (Å²) in [6.45, 7) is 2.93. The predicted octanol–water partition coefficient (Wildman–Crippen LogP) is 3.80. The molecule has 2 N–H and O–H groups in total. The van der Waals surface area contributed by atoms with Gasteiger partial charge in [-0.15, -0.1) is 11.8 Å². The van der Waals surface area contributed by atoms with Crippen molar-refractivity contribution in [3.63, 3.8) is 0 Å². The minimum absolute atomic E-state index is 0.0967. The fourth-order valence-corrected chi connectivity index (χ4v) is 4.54. The summed E-state index contributed by atoms with van der Waals surface area (Å²) < 4.78 is 0. The number of thioether (sulfide) groups is 1. The fraction of sp³-hybridized carbons (Fsp3) is 0.588. The number of amides is 1. The predicted molar refractivity (Wildman–Crippen MR) is 88.8 cm³/mol. The molecule has 1 heterocycles. The van der Waals surface area contributed by atoms with Crippen LogP contribution in [-0.2, 0) is 4.79 Å². The third kappa shape index (κ3) is 3.43. The Labute approximate surface area is 131 Å². The largest absolute Gasteiger partial charge is 0.323 e. The van der Waals surface area contributed by atoms with Gasteiger partial charge in [0, 0.05) is 10.1 Å². The van der Waals surface area contributed by atoms with Gasteiger partial charge in [-0.05, 0) is 51.3 Å². The zero-order chi connectivity index (χ0) is 14.7. The quantitative estimate of drug-likeness (QED) is 0.889. The lowest BCUT2D eigenvalue weighted by molar-refractivity contribution is -0.121. The molecule has 1 amide bonds. The summed E-state index contributed by atoms with van der Waals surface area (Å²) in [6, 6.07) is 8.21. The maximum atomic E-state index is 12.5. The van der Waals surface area contributed by atoms with Crippen LogP contribution < -0.4 is 10.6 Å². The lowest BCUT2D eigenvalue weighted by Gasteiger charge is -2.24. The first-order chi connectivity index (χ1) is 10.2. The van der Waals surface area contributed by atoms with Crippen LogP contribution in [-0.4, -0.2) is 23.2 Å². The van der Waals surface area contributed by atoms with Crippen LogP contribution in [0.1, 0.15) is 45.4 Å². The van der Waals surface area contributed by atoms with Gasteiger partial charge in [0.15, 0.2) is 0 Å². The van der Waals surface area contributed by atoms with E-state index in [-0.39, 0.29) is 5.91 Å². The number of nitrogens with one attached hydrogen (secondary N) is 2. The molecule has 1 saturated heterocycles. The lowest BCUT2D eigenvalue weighted by Crippen LogP contribution is -2.48. The molecular formula is C17H24N2OS. The Morgan fingerprint density at radius 2 is 2.05 bits per heavy atom. The molecular weight excluding hydrogens is 280 g/mol. The molecule has 1 atom stereocenters. The summed E-state index contributed by atoms with van der Waals surface area (Å²) in [6.07, 6.45) is 7.26. The van der Waals surface area contributed by atoms with Crippen LogP contribution in [0.25, 0.3) is 0 Å². The molecule has 1 aliphatic carbocycles. The van der Waals surface area contributed by atoms with Crippen LogP contribution in [0.3, 0.4) is 0 Å². The van der Waals surface area contributed by atoms with Gasteiger partial charge in [-0.25, -0.2) is 0 Å². The lowest BCUT2D eigenvalue weighted by atomic mass is 9.99. The molecule has 1 aromatic rings. The second-order valence-electron chi connectivity index (χ2n) is 6.34. The molecule has 1 unspecified atom stereocenters. The minimum atomic E-state index is -0.412. The van der Waals surface area contributed by atoms with Crippen molar-refractivity contribution in [3.8, 4) is 0 Å². The van der Waals surface area contributed by atoms with Gasteiger partial charge in [0.2, 0.25) is 5.91 Å². The molecule has 0 aromatic heterocycles. The van der Waals surface area contributed by atoms with Crippen LogP contribution >= 0.6 is 11.8 Å². The first-order valence-electron chi connectivity index (χ1n) is 7.99. The zero-order valence-corrected chi connectivity index (χ0v) is 13.5. The van der Waals surface area contributed by atoms with E-state index in [1.54, 1.807) is 0 Å². The Kier molecular flexibility index (Phi) is 4.55. The molecule has 0 spiro atoms. The van der Waals surface area contributed by atoms with Crippen molar-refractivity contribution in [2.24, 2.45) is 0 Å². The maximum Gasteiger partial charge on any atom is 0.244 e. The molecule has 3 rings (SSSR count). The zero-order valence-electron chi connectivity index (χ0n) is 12.7. The second kappa shape index (κ2) is 6.41. The van der Waals surface area contributed by atoms with Crippen molar-refractivity contribution >= 4 is 23.4 Å². The molecule has 0 radical (unpaired) electrons. The van der Waals surface area contributed by atoms with Gasteiger partial charge in [-0.1, -0.05) is 25.0 Å². The molecule has 1 aliphatic heterocycles. The Morgan fingerprint density at radius 3 is 2.76 bits per heavy atom. The topological polar surface area (TPSA) is 41.1 Å². The maximum absolute atomic E-state index is 12.5. The monoisotopic (exact) mass is 304 g/mol. The first kappa shape index (κ1) is 14.9. The van der Waals surface area contributed by atoms with Crippen LogP contribution in [0.2, 0.25) is 0 Å². The van der Waals surface area contributed by atoms with E-state index in [0.29, 0.717) is 5.25 Å². The van der Waals surface area contributed by atoms with Crippen LogP contribution in [0.4, 0.5) is 5.69 Å². The van der Waals surface area contributed by atoms with Crippen molar-refractivity contribution in [1.82, 2.24) is 5.32 Å². The van der Waals surface area contributed by atoms with Crippen molar-refractivity contribution in [2.45, 2.75) is 61.1 Å². The highest BCUT2D eigenvalue weighted by Crippen LogP contribution is 2.38. The molecule has 1 aromatic carbocycles. The Hall–Kier alpha value is -1.00. The third-order valence-corrected chi connectivity index (χ3v) is 6.02. The van der Waals surface area contributed by atoms with Crippen molar-refractivity contribution in [3.05, 3.63) is 24.3 Å². The molecule has 2 fully saturated rings. The van der Waals surface area contributed by atoms with Crippen LogP contribution in [0.15, 0.2) is 29.2 Å². The van der Waals surface area contributed by atoms with Crippen molar-refractivity contribution in [1.29, 1.82) is 0 Å². The van der Waals surface area contributed by atoms with E-state index in [4.69, 9.17) is 0 Å². The SMILES string of the molecule is CC1(C(=O)Nc2ccccc2SC2CCCC2)CCCN1. The van der Waals surface area contributed by atoms with E-state index in [1.165, 1.54) is 30.6 Å². The average molecular weight is 304 g/mol. The molecule has 0 bridgehead atoms. The van der Waals surface area contributed by atoms with Gasteiger partial charge in [-0.3, -0.25) is 4.79 Å². The highest BCUT2D eigenvalue weighted by molar-refractivity contribution is 8.00. The fourth-order valence-electron chi connectivity index (χ4n) is 3.21. The number of hydrogen-bond acceptors (Lipinski definition) is 3. The number of carbonyl (C=O) groups excluding carboxylic acids is 1. The van der Waals surface area contributed by atoms with Crippen molar-refractivity contribution < 1.29 is 4.79 Å². The Bertz CT molecular complexity index is 505. The average Bonchev–Trinajstić information content (AvgIpc) is 3.13. The smallest absolute Gasteiger partial charge is 0.244 e. The Balaban J connectivity index is 1.71.